The van der Waals surface area contributed by atoms with Gasteiger partial charge in [0.25, 0.3) is 0 Å². The van der Waals surface area contributed by atoms with Crippen LogP contribution in [0.4, 0.5) is 4.39 Å². The molecule has 0 aliphatic heterocycles. The average Bonchev–Trinajstić information content (AvgIpc) is 2.65. The van der Waals surface area contributed by atoms with Crippen molar-refractivity contribution in [3.8, 4) is 17.1 Å². The number of pyridine rings is 1. The number of hydrogen-bond acceptors (Lipinski definition) is 4. The lowest BCUT2D eigenvalue weighted by molar-refractivity contribution is 0.420. The van der Waals surface area contributed by atoms with Crippen molar-refractivity contribution in [3.05, 3.63) is 30.0 Å². The Labute approximate surface area is 79.0 Å². The van der Waals surface area contributed by atoms with Gasteiger partial charge in [0.15, 0.2) is 11.6 Å². The van der Waals surface area contributed by atoms with E-state index in [0.717, 1.165) is 0 Å². The molecule has 0 bridgehead atoms. The van der Waals surface area contributed by atoms with Gasteiger partial charge in [0.05, 0.1) is 18.1 Å². The molecule has 0 radical (unpaired) electrons. The first kappa shape index (κ1) is 8.68. The monoisotopic (exact) mass is 194 g/mol. The van der Waals surface area contributed by atoms with Gasteiger partial charge < -0.3 is 9.63 Å². The molecule has 72 valence electrons. The fourth-order valence-electron chi connectivity index (χ4n) is 1.15. The minimum Gasteiger partial charge on any atom is -0.505 e. The molecule has 5 heteroatoms. The van der Waals surface area contributed by atoms with Gasteiger partial charge in [-0.1, -0.05) is 5.16 Å². The zero-order valence-corrected chi connectivity index (χ0v) is 7.36. The van der Waals surface area contributed by atoms with Gasteiger partial charge >= 0.3 is 0 Å². The molecule has 1 N–H and O–H groups in total. The first-order valence-corrected chi connectivity index (χ1v) is 3.95. The Morgan fingerprint density at radius 2 is 2.29 bits per heavy atom. The Hall–Kier alpha value is -1.91. The molecule has 0 aliphatic rings. The summed E-state index contributed by atoms with van der Waals surface area (Å²) in [7, 11) is 0. The highest BCUT2D eigenvalue weighted by Gasteiger charge is 2.16. The minimum atomic E-state index is -0.596. The predicted molar refractivity (Wildman–Crippen MR) is 46.1 cm³/mol. The van der Waals surface area contributed by atoms with Crippen LogP contribution in [0.2, 0.25) is 0 Å². The summed E-state index contributed by atoms with van der Waals surface area (Å²) in [5.74, 6) is -0.669. The van der Waals surface area contributed by atoms with Crippen molar-refractivity contribution < 1.29 is 14.0 Å². The van der Waals surface area contributed by atoms with Crippen molar-refractivity contribution in [1.29, 1.82) is 0 Å². The normalized spacial score (nSPS) is 10.4. The molecule has 0 unspecified atom stereocenters. The lowest BCUT2D eigenvalue weighted by atomic mass is 10.1. The highest BCUT2D eigenvalue weighted by Crippen LogP contribution is 2.31. The number of halogens is 1. The van der Waals surface area contributed by atoms with Crippen LogP contribution in [0.5, 0.6) is 5.75 Å². The van der Waals surface area contributed by atoms with Crippen molar-refractivity contribution in [2.24, 2.45) is 0 Å². The van der Waals surface area contributed by atoms with Crippen molar-refractivity contribution in [2.45, 2.75) is 6.92 Å². The summed E-state index contributed by atoms with van der Waals surface area (Å²) in [5.41, 5.74) is 0.198. The fourth-order valence-corrected chi connectivity index (χ4v) is 1.15. The zero-order chi connectivity index (χ0) is 10.1. The predicted octanol–water partition coefficient (Wildman–Crippen LogP) is 1.89. The Morgan fingerprint density at radius 3 is 2.93 bits per heavy atom. The SMILES string of the molecule is Cc1ncc(O)c(-c2ccno2)c1F. The number of aromatic hydroxyl groups is 1. The summed E-state index contributed by atoms with van der Waals surface area (Å²) in [6.45, 7) is 1.51. The van der Waals surface area contributed by atoms with E-state index in [-0.39, 0.29) is 22.8 Å². The quantitative estimate of drug-likeness (QED) is 0.753. The standard InChI is InChI=1S/C9H7FN2O2/c1-5-9(10)8(6(13)4-11-5)7-2-3-12-14-7/h2-4,13H,1H3. The van der Waals surface area contributed by atoms with E-state index in [1.54, 1.807) is 0 Å². The van der Waals surface area contributed by atoms with E-state index in [2.05, 4.69) is 10.1 Å². The molecule has 4 nitrogen and oxygen atoms in total. The second-order valence-electron chi connectivity index (χ2n) is 2.79. The third-order valence-corrected chi connectivity index (χ3v) is 1.86. The van der Waals surface area contributed by atoms with Crippen LogP contribution in [0.1, 0.15) is 5.69 Å². The molecule has 0 amide bonds. The molecule has 14 heavy (non-hydrogen) atoms. The first-order valence-electron chi connectivity index (χ1n) is 3.95. The largest absolute Gasteiger partial charge is 0.505 e. The lowest BCUT2D eigenvalue weighted by Gasteiger charge is -2.03. The Morgan fingerprint density at radius 1 is 1.50 bits per heavy atom. The molecule has 0 saturated carbocycles. The zero-order valence-electron chi connectivity index (χ0n) is 7.36. The van der Waals surface area contributed by atoms with Crippen LogP contribution in [-0.4, -0.2) is 15.2 Å². The highest BCUT2D eigenvalue weighted by atomic mass is 19.1. The molecule has 0 atom stereocenters. The maximum absolute atomic E-state index is 13.5. The maximum atomic E-state index is 13.5. The second kappa shape index (κ2) is 3.10. The summed E-state index contributed by atoms with van der Waals surface area (Å²) in [4.78, 5) is 3.66. The van der Waals surface area contributed by atoms with E-state index in [9.17, 15) is 9.50 Å². The molecule has 0 fully saturated rings. The van der Waals surface area contributed by atoms with Crippen LogP contribution in [0.15, 0.2) is 23.0 Å². The molecule has 2 aromatic heterocycles. The summed E-state index contributed by atoms with van der Waals surface area (Å²) in [5, 5.41) is 12.8. The van der Waals surface area contributed by atoms with Crippen molar-refractivity contribution >= 4 is 0 Å². The third-order valence-electron chi connectivity index (χ3n) is 1.86. The number of aryl methyl sites for hydroxylation is 1. The fraction of sp³-hybridized carbons (Fsp3) is 0.111. The number of aromatic nitrogens is 2. The van der Waals surface area contributed by atoms with Gasteiger partial charge in [-0.15, -0.1) is 0 Å². The van der Waals surface area contributed by atoms with Crippen LogP contribution < -0.4 is 0 Å². The van der Waals surface area contributed by atoms with Crippen LogP contribution in [-0.2, 0) is 0 Å². The second-order valence-corrected chi connectivity index (χ2v) is 2.79. The van der Waals surface area contributed by atoms with Crippen molar-refractivity contribution in [2.75, 3.05) is 0 Å². The molecule has 0 spiro atoms. The average molecular weight is 194 g/mol. The van der Waals surface area contributed by atoms with Crippen molar-refractivity contribution in [3.63, 3.8) is 0 Å². The highest BCUT2D eigenvalue weighted by molar-refractivity contribution is 5.65. The molecule has 2 aromatic rings. The third kappa shape index (κ3) is 1.22. The first-order chi connectivity index (χ1) is 6.70. The number of hydrogen-bond donors (Lipinski definition) is 1. The molecule has 0 aromatic carbocycles. The lowest BCUT2D eigenvalue weighted by Crippen LogP contribution is -1.91. The van der Waals surface area contributed by atoms with E-state index < -0.39 is 5.82 Å². The summed E-state index contributed by atoms with van der Waals surface area (Å²) >= 11 is 0. The van der Waals surface area contributed by atoms with Gasteiger partial charge in [0, 0.05) is 6.07 Å². The van der Waals surface area contributed by atoms with E-state index in [1.807, 2.05) is 0 Å². The summed E-state index contributed by atoms with van der Waals surface area (Å²) in [6, 6.07) is 1.47. The van der Waals surface area contributed by atoms with Crippen LogP contribution >= 0.6 is 0 Å². The number of rotatable bonds is 1. The Bertz CT molecular complexity index is 454. The van der Waals surface area contributed by atoms with Gasteiger partial charge in [-0.2, -0.15) is 0 Å². The summed E-state index contributed by atoms with van der Waals surface area (Å²) < 4.78 is 18.3. The van der Waals surface area contributed by atoms with E-state index >= 15 is 0 Å². The van der Waals surface area contributed by atoms with Gasteiger partial charge in [-0.3, -0.25) is 4.98 Å². The van der Waals surface area contributed by atoms with E-state index in [4.69, 9.17) is 4.52 Å². The molecular weight excluding hydrogens is 187 g/mol. The molecule has 2 heterocycles. The summed E-state index contributed by atoms with van der Waals surface area (Å²) in [6.07, 6.45) is 2.56. The number of nitrogens with zero attached hydrogens (tertiary/aromatic N) is 2. The van der Waals surface area contributed by atoms with Gasteiger partial charge in [-0.05, 0) is 6.92 Å². The van der Waals surface area contributed by atoms with Gasteiger partial charge in [0.2, 0.25) is 0 Å². The van der Waals surface area contributed by atoms with Gasteiger partial charge in [0.1, 0.15) is 11.3 Å². The smallest absolute Gasteiger partial charge is 0.173 e. The van der Waals surface area contributed by atoms with Crippen LogP contribution in [0, 0.1) is 12.7 Å². The van der Waals surface area contributed by atoms with E-state index in [1.165, 1.54) is 25.4 Å². The molecule has 0 aliphatic carbocycles. The Balaban J connectivity index is 2.69. The van der Waals surface area contributed by atoms with Gasteiger partial charge in [-0.25, -0.2) is 4.39 Å². The van der Waals surface area contributed by atoms with Crippen molar-refractivity contribution in [1.82, 2.24) is 10.1 Å². The van der Waals surface area contributed by atoms with E-state index in [0.29, 0.717) is 0 Å². The van der Waals surface area contributed by atoms with Crippen LogP contribution in [0.25, 0.3) is 11.3 Å². The Kier molecular flexibility index (Phi) is 1.92. The van der Waals surface area contributed by atoms with Crippen LogP contribution in [0.3, 0.4) is 0 Å². The molecular formula is C9H7FN2O2. The molecule has 2 rings (SSSR count). The maximum Gasteiger partial charge on any atom is 0.173 e. The molecule has 0 saturated heterocycles. The minimum absolute atomic E-state index is 0.00463. The topological polar surface area (TPSA) is 59.2 Å².